The molecule has 1 N–H and O–H groups in total. The molecule has 0 saturated carbocycles. The van der Waals surface area contributed by atoms with Crippen LogP contribution in [0.25, 0.3) is 11.0 Å². The SMILES string of the molecule is Fc1ccc(Cn2c(N3CCC(NCc4nccc(OCc5ccccc5)n4)CC3)nc3ccccc32)cc1. The average molecular weight is 523 g/mol. The summed E-state index contributed by atoms with van der Waals surface area (Å²) in [6.45, 7) is 3.51. The van der Waals surface area contributed by atoms with E-state index in [2.05, 4.69) is 30.8 Å². The number of imidazole rings is 1. The van der Waals surface area contributed by atoms with Gasteiger partial charge >= 0.3 is 0 Å². The molecule has 198 valence electrons. The third-order valence-electron chi connectivity index (χ3n) is 7.12. The third kappa shape index (κ3) is 6.07. The molecule has 1 fully saturated rings. The van der Waals surface area contributed by atoms with Gasteiger partial charge in [-0.3, -0.25) is 0 Å². The molecule has 7 nitrogen and oxygen atoms in total. The maximum Gasteiger partial charge on any atom is 0.216 e. The van der Waals surface area contributed by atoms with Crippen LogP contribution in [0.3, 0.4) is 0 Å². The lowest BCUT2D eigenvalue weighted by Crippen LogP contribution is -2.43. The fourth-order valence-corrected chi connectivity index (χ4v) is 5.03. The summed E-state index contributed by atoms with van der Waals surface area (Å²) in [6, 6.07) is 27.1. The molecule has 0 aliphatic carbocycles. The number of piperidine rings is 1. The first-order valence-electron chi connectivity index (χ1n) is 13.4. The Balaban J connectivity index is 1.07. The molecule has 6 rings (SSSR count). The molecular weight excluding hydrogens is 491 g/mol. The highest BCUT2D eigenvalue weighted by atomic mass is 19.1. The lowest BCUT2D eigenvalue weighted by atomic mass is 10.1. The van der Waals surface area contributed by atoms with Crippen LogP contribution in [0.5, 0.6) is 5.88 Å². The fraction of sp³-hybridized carbons (Fsp3) is 0.258. The summed E-state index contributed by atoms with van der Waals surface area (Å²) in [4.78, 5) is 16.3. The van der Waals surface area contributed by atoms with Gasteiger partial charge in [0.1, 0.15) is 18.2 Å². The highest BCUT2D eigenvalue weighted by molar-refractivity contribution is 5.79. The first-order chi connectivity index (χ1) is 19.2. The van der Waals surface area contributed by atoms with Crippen molar-refractivity contribution in [1.82, 2.24) is 24.8 Å². The molecule has 0 radical (unpaired) electrons. The van der Waals surface area contributed by atoms with Gasteiger partial charge < -0.3 is 19.5 Å². The van der Waals surface area contributed by atoms with Gasteiger partial charge in [-0.1, -0.05) is 54.6 Å². The van der Waals surface area contributed by atoms with Crippen LogP contribution in [-0.4, -0.2) is 38.7 Å². The van der Waals surface area contributed by atoms with E-state index in [1.807, 2.05) is 60.7 Å². The summed E-state index contributed by atoms with van der Waals surface area (Å²) in [7, 11) is 0. The monoisotopic (exact) mass is 522 g/mol. The number of nitrogens with zero attached hydrogens (tertiary/aromatic N) is 5. The van der Waals surface area contributed by atoms with E-state index in [9.17, 15) is 4.39 Å². The predicted molar refractivity (Wildman–Crippen MR) is 150 cm³/mol. The molecule has 3 heterocycles. The first-order valence-corrected chi connectivity index (χ1v) is 13.4. The Morgan fingerprint density at radius 2 is 1.62 bits per heavy atom. The molecule has 0 unspecified atom stereocenters. The standard InChI is InChI=1S/C31H31FN6O/c32-25-12-10-23(11-13-25)21-38-28-9-5-4-8-27(28)35-31(38)37-18-15-26(16-19-37)34-20-29-33-17-14-30(36-29)39-22-24-6-2-1-3-7-24/h1-14,17,26,34H,15-16,18-22H2. The Labute approximate surface area is 227 Å². The van der Waals surface area contributed by atoms with Gasteiger partial charge in [0.25, 0.3) is 0 Å². The lowest BCUT2D eigenvalue weighted by molar-refractivity contribution is 0.291. The van der Waals surface area contributed by atoms with Crippen molar-refractivity contribution in [3.8, 4) is 5.88 Å². The van der Waals surface area contributed by atoms with Gasteiger partial charge in [-0.25, -0.2) is 14.4 Å². The predicted octanol–water partition coefficient (Wildman–Crippen LogP) is 5.35. The first kappa shape index (κ1) is 25.0. The zero-order chi connectivity index (χ0) is 26.4. The van der Waals surface area contributed by atoms with E-state index in [1.165, 1.54) is 12.1 Å². The van der Waals surface area contributed by atoms with Crippen LogP contribution >= 0.6 is 0 Å². The van der Waals surface area contributed by atoms with Gasteiger partial charge in [0, 0.05) is 31.4 Å². The Morgan fingerprint density at radius 1 is 0.846 bits per heavy atom. The van der Waals surface area contributed by atoms with E-state index in [0.29, 0.717) is 31.6 Å². The summed E-state index contributed by atoms with van der Waals surface area (Å²) in [5, 5.41) is 3.63. The molecule has 0 spiro atoms. The van der Waals surface area contributed by atoms with Crippen LogP contribution in [0, 0.1) is 5.82 Å². The minimum atomic E-state index is -0.221. The number of hydrogen-bond acceptors (Lipinski definition) is 6. The van der Waals surface area contributed by atoms with E-state index in [1.54, 1.807) is 12.3 Å². The second kappa shape index (κ2) is 11.6. The van der Waals surface area contributed by atoms with Crippen LogP contribution in [0.1, 0.15) is 29.8 Å². The molecule has 0 bridgehead atoms. The molecule has 39 heavy (non-hydrogen) atoms. The zero-order valence-corrected chi connectivity index (χ0v) is 21.7. The largest absolute Gasteiger partial charge is 0.473 e. The van der Waals surface area contributed by atoms with E-state index < -0.39 is 0 Å². The third-order valence-corrected chi connectivity index (χ3v) is 7.12. The van der Waals surface area contributed by atoms with Crippen LogP contribution in [0.2, 0.25) is 0 Å². The van der Waals surface area contributed by atoms with Crippen molar-refractivity contribution in [1.29, 1.82) is 0 Å². The summed E-state index contributed by atoms with van der Waals surface area (Å²) in [5.74, 6) is 2.05. The molecule has 8 heteroatoms. The minimum absolute atomic E-state index is 0.221. The van der Waals surface area contributed by atoms with Crippen molar-refractivity contribution >= 4 is 17.0 Å². The number of rotatable bonds is 9. The zero-order valence-electron chi connectivity index (χ0n) is 21.7. The van der Waals surface area contributed by atoms with Crippen LogP contribution in [-0.2, 0) is 19.7 Å². The number of ether oxygens (including phenoxy) is 1. The smallest absolute Gasteiger partial charge is 0.216 e. The second-order valence-electron chi connectivity index (χ2n) is 9.84. The van der Waals surface area contributed by atoms with Gasteiger partial charge in [-0.15, -0.1) is 0 Å². The van der Waals surface area contributed by atoms with Crippen molar-refractivity contribution in [2.45, 2.75) is 38.6 Å². The number of aromatic nitrogens is 4. The molecule has 0 atom stereocenters. The molecular formula is C31H31FN6O. The highest BCUT2D eigenvalue weighted by Crippen LogP contribution is 2.26. The topological polar surface area (TPSA) is 68.1 Å². The summed E-state index contributed by atoms with van der Waals surface area (Å²) >= 11 is 0. The maximum absolute atomic E-state index is 13.5. The van der Waals surface area contributed by atoms with Crippen molar-refractivity contribution in [2.75, 3.05) is 18.0 Å². The van der Waals surface area contributed by atoms with E-state index in [-0.39, 0.29) is 5.82 Å². The molecule has 3 aromatic carbocycles. The molecule has 5 aromatic rings. The van der Waals surface area contributed by atoms with Gasteiger partial charge in [0.05, 0.1) is 24.1 Å². The number of hydrogen-bond donors (Lipinski definition) is 1. The van der Waals surface area contributed by atoms with Gasteiger partial charge in [-0.05, 0) is 48.2 Å². The summed E-state index contributed by atoms with van der Waals surface area (Å²) in [6.07, 6.45) is 3.73. The van der Waals surface area contributed by atoms with Crippen LogP contribution < -0.4 is 15.0 Å². The number of nitrogens with one attached hydrogen (secondary N) is 1. The number of para-hydroxylation sites is 2. The Bertz CT molecular complexity index is 1510. The lowest BCUT2D eigenvalue weighted by Gasteiger charge is -2.33. The molecule has 1 saturated heterocycles. The second-order valence-corrected chi connectivity index (χ2v) is 9.84. The number of fused-ring (bicyclic) bond motifs is 1. The Kier molecular flexibility index (Phi) is 7.45. The number of benzene rings is 3. The van der Waals surface area contributed by atoms with E-state index in [0.717, 1.165) is 59.9 Å². The van der Waals surface area contributed by atoms with Crippen molar-refractivity contribution in [3.05, 3.63) is 114 Å². The van der Waals surface area contributed by atoms with E-state index in [4.69, 9.17) is 9.72 Å². The van der Waals surface area contributed by atoms with Crippen LogP contribution in [0.15, 0.2) is 91.1 Å². The van der Waals surface area contributed by atoms with Crippen LogP contribution in [0.4, 0.5) is 10.3 Å². The van der Waals surface area contributed by atoms with Crippen molar-refractivity contribution in [3.63, 3.8) is 0 Å². The molecule has 1 aliphatic rings. The fourth-order valence-electron chi connectivity index (χ4n) is 5.03. The van der Waals surface area contributed by atoms with E-state index >= 15 is 0 Å². The average Bonchev–Trinajstić information content (AvgIpc) is 3.35. The normalized spacial score (nSPS) is 14.1. The van der Waals surface area contributed by atoms with Gasteiger partial charge in [0.2, 0.25) is 11.8 Å². The minimum Gasteiger partial charge on any atom is -0.473 e. The highest BCUT2D eigenvalue weighted by Gasteiger charge is 2.24. The van der Waals surface area contributed by atoms with Gasteiger partial charge in [0.15, 0.2) is 0 Å². The number of halogens is 1. The Hall–Kier alpha value is -4.30. The summed E-state index contributed by atoms with van der Waals surface area (Å²) in [5.41, 5.74) is 4.21. The molecule has 0 amide bonds. The van der Waals surface area contributed by atoms with Gasteiger partial charge in [-0.2, -0.15) is 4.98 Å². The maximum atomic E-state index is 13.5. The molecule has 1 aliphatic heterocycles. The Morgan fingerprint density at radius 3 is 2.44 bits per heavy atom. The number of anilines is 1. The quantitative estimate of drug-likeness (QED) is 0.282. The van der Waals surface area contributed by atoms with Crippen molar-refractivity contribution in [2.24, 2.45) is 0 Å². The van der Waals surface area contributed by atoms with Crippen molar-refractivity contribution < 1.29 is 9.13 Å². The summed E-state index contributed by atoms with van der Waals surface area (Å²) < 4.78 is 21.6. The molecule has 2 aromatic heterocycles.